The molecule has 0 amide bonds. The van der Waals surface area contributed by atoms with E-state index in [9.17, 15) is 4.79 Å². The molecule has 1 aromatic carbocycles. The summed E-state index contributed by atoms with van der Waals surface area (Å²) in [5.74, 6) is -0.365. The molecule has 3 N–H and O–H groups in total. The van der Waals surface area contributed by atoms with Crippen molar-refractivity contribution in [3.8, 4) is 0 Å². The normalized spacial score (nSPS) is 19.8. The number of nitrogens with one attached hydrogen (secondary N) is 1. The summed E-state index contributed by atoms with van der Waals surface area (Å²) in [4.78, 5) is 13.9. The Kier molecular flexibility index (Phi) is 3.72. The second kappa shape index (κ2) is 5.27. The molecule has 1 aromatic rings. The topological polar surface area (TPSA) is 67.6 Å². The highest BCUT2D eigenvalue weighted by Gasteiger charge is 2.22. The van der Waals surface area contributed by atoms with Crippen molar-refractivity contribution in [3.05, 3.63) is 23.8 Å². The summed E-state index contributed by atoms with van der Waals surface area (Å²) in [7, 11) is 3.45. The van der Waals surface area contributed by atoms with Gasteiger partial charge in [-0.3, -0.25) is 0 Å². The van der Waals surface area contributed by atoms with Crippen molar-refractivity contribution in [3.63, 3.8) is 0 Å². The van der Waals surface area contributed by atoms with Crippen LogP contribution in [0.4, 0.5) is 11.4 Å². The highest BCUT2D eigenvalue weighted by Crippen LogP contribution is 2.26. The van der Waals surface area contributed by atoms with Gasteiger partial charge in [-0.2, -0.15) is 0 Å². The Bertz CT molecular complexity index is 448. The number of likely N-dealkylation sites (tertiary alicyclic amines) is 1. The fourth-order valence-electron chi connectivity index (χ4n) is 2.27. The minimum absolute atomic E-state index is 0.322. The second-order valence-corrected chi connectivity index (χ2v) is 4.65. The monoisotopic (exact) mass is 249 g/mol. The molecule has 18 heavy (non-hydrogen) atoms. The van der Waals surface area contributed by atoms with E-state index in [-0.39, 0.29) is 5.97 Å². The van der Waals surface area contributed by atoms with E-state index >= 15 is 0 Å². The van der Waals surface area contributed by atoms with Gasteiger partial charge in [0.1, 0.15) is 0 Å². The SMILES string of the molecule is COC(=O)c1cccc(N)c1NC1CCN(C)C1. The van der Waals surface area contributed by atoms with Crippen molar-refractivity contribution in [1.29, 1.82) is 0 Å². The molecular weight excluding hydrogens is 230 g/mol. The predicted octanol–water partition coefficient (Wildman–Crippen LogP) is 1.17. The number of rotatable bonds is 3. The first-order valence-corrected chi connectivity index (χ1v) is 6.03. The number of carbonyl (C=O) groups excluding carboxylic acids is 1. The molecule has 0 spiro atoms. The van der Waals surface area contributed by atoms with E-state index < -0.39 is 0 Å². The molecule has 2 rings (SSSR count). The lowest BCUT2D eigenvalue weighted by atomic mass is 10.1. The Morgan fingerprint density at radius 2 is 2.33 bits per heavy atom. The molecule has 0 radical (unpaired) electrons. The van der Waals surface area contributed by atoms with Gasteiger partial charge in [0.2, 0.25) is 0 Å². The quantitative estimate of drug-likeness (QED) is 0.622. The molecule has 0 saturated carbocycles. The molecule has 98 valence electrons. The maximum Gasteiger partial charge on any atom is 0.340 e. The summed E-state index contributed by atoms with van der Waals surface area (Å²) in [6.07, 6.45) is 1.05. The van der Waals surface area contributed by atoms with Crippen molar-refractivity contribution in [2.45, 2.75) is 12.5 Å². The molecule has 5 heteroatoms. The molecule has 0 aromatic heterocycles. The number of likely N-dealkylation sites (N-methyl/N-ethyl adjacent to an activating group) is 1. The van der Waals surface area contributed by atoms with E-state index in [0.717, 1.165) is 19.5 Å². The van der Waals surface area contributed by atoms with Gasteiger partial charge in [0, 0.05) is 12.6 Å². The van der Waals surface area contributed by atoms with Gasteiger partial charge < -0.3 is 20.7 Å². The largest absolute Gasteiger partial charge is 0.465 e. The molecule has 1 aliphatic rings. The van der Waals surface area contributed by atoms with Crippen LogP contribution in [0.5, 0.6) is 0 Å². The Morgan fingerprint density at radius 3 is 2.94 bits per heavy atom. The molecule has 1 heterocycles. The third-order valence-electron chi connectivity index (χ3n) is 3.24. The number of benzene rings is 1. The van der Waals surface area contributed by atoms with E-state index in [1.807, 2.05) is 0 Å². The zero-order valence-corrected chi connectivity index (χ0v) is 10.8. The minimum atomic E-state index is -0.365. The number of nitrogens with two attached hydrogens (primary N) is 1. The minimum Gasteiger partial charge on any atom is -0.465 e. The molecule has 1 unspecified atom stereocenters. The summed E-state index contributed by atoms with van der Waals surface area (Å²) in [6.45, 7) is 2.01. The summed E-state index contributed by atoms with van der Waals surface area (Å²) in [6, 6.07) is 5.59. The summed E-state index contributed by atoms with van der Waals surface area (Å²) in [5.41, 5.74) is 7.70. The zero-order valence-electron chi connectivity index (χ0n) is 10.8. The molecule has 1 aliphatic heterocycles. The maximum absolute atomic E-state index is 11.7. The van der Waals surface area contributed by atoms with Crippen LogP contribution in [0.3, 0.4) is 0 Å². The van der Waals surface area contributed by atoms with Gasteiger partial charge >= 0.3 is 5.97 Å². The highest BCUT2D eigenvalue weighted by atomic mass is 16.5. The van der Waals surface area contributed by atoms with Crippen molar-refractivity contribution in [2.75, 3.05) is 38.3 Å². The molecule has 1 fully saturated rings. The van der Waals surface area contributed by atoms with Crippen LogP contribution in [0, 0.1) is 0 Å². The van der Waals surface area contributed by atoms with Crippen LogP contribution in [-0.2, 0) is 4.74 Å². The number of para-hydroxylation sites is 1. The lowest BCUT2D eigenvalue weighted by Crippen LogP contribution is -2.25. The number of hydrogen-bond acceptors (Lipinski definition) is 5. The standard InChI is InChI=1S/C13H19N3O2/c1-16-7-6-9(8-16)15-12-10(13(17)18-2)4-3-5-11(12)14/h3-5,9,15H,6-8,14H2,1-2H3. The first-order chi connectivity index (χ1) is 8.61. The van der Waals surface area contributed by atoms with Gasteiger partial charge in [0.25, 0.3) is 0 Å². The van der Waals surface area contributed by atoms with Gasteiger partial charge in [0.05, 0.1) is 24.0 Å². The number of carbonyl (C=O) groups is 1. The molecule has 5 nitrogen and oxygen atoms in total. The zero-order chi connectivity index (χ0) is 13.1. The van der Waals surface area contributed by atoms with Crippen LogP contribution < -0.4 is 11.1 Å². The molecule has 0 bridgehead atoms. The number of nitrogen functional groups attached to an aromatic ring is 1. The Hall–Kier alpha value is -1.75. The number of anilines is 2. The third-order valence-corrected chi connectivity index (χ3v) is 3.24. The predicted molar refractivity (Wildman–Crippen MR) is 71.7 cm³/mol. The van der Waals surface area contributed by atoms with Gasteiger partial charge in [-0.1, -0.05) is 6.07 Å². The van der Waals surface area contributed by atoms with E-state index in [0.29, 0.717) is 23.0 Å². The number of hydrogen-bond donors (Lipinski definition) is 2. The van der Waals surface area contributed by atoms with Gasteiger partial charge in [0.15, 0.2) is 0 Å². The van der Waals surface area contributed by atoms with Crippen LogP contribution in [0.25, 0.3) is 0 Å². The highest BCUT2D eigenvalue weighted by molar-refractivity contribution is 5.98. The fourth-order valence-corrected chi connectivity index (χ4v) is 2.27. The average Bonchev–Trinajstić information content (AvgIpc) is 2.76. The summed E-state index contributed by atoms with van der Waals surface area (Å²) >= 11 is 0. The Labute approximate surface area is 107 Å². The molecular formula is C13H19N3O2. The first kappa shape index (κ1) is 12.7. The average molecular weight is 249 g/mol. The lowest BCUT2D eigenvalue weighted by molar-refractivity contribution is 0.0602. The first-order valence-electron chi connectivity index (χ1n) is 6.03. The molecule has 1 saturated heterocycles. The van der Waals surface area contributed by atoms with E-state index in [1.54, 1.807) is 18.2 Å². The van der Waals surface area contributed by atoms with Crippen molar-refractivity contribution >= 4 is 17.3 Å². The number of nitrogens with zero attached hydrogens (tertiary/aromatic N) is 1. The number of methoxy groups -OCH3 is 1. The van der Waals surface area contributed by atoms with E-state index in [4.69, 9.17) is 10.5 Å². The smallest absolute Gasteiger partial charge is 0.340 e. The van der Waals surface area contributed by atoms with Gasteiger partial charge in [-0.05, 0) is 32.1 Å². The number of esters is 1. The van der Waals surface area contributed by atoms with Crippen LogP contribution in [-0.4, -0.2) is 44.2 Å². The van der Waals surface area contributed by atoms with Crippen LogP contribution >= 0.6 is 0 Å². The van der Waals surface area contributed by atoms with Crippen molar-refractivity contribution in [2.24, 2.45) is 0 Å². The number of ether oxygens (including phenoxy) is 1. The molecule has 0 aliphatic carbocycles. The maximum atomic E-state index is 11.7. The van der Waals surface area contributed by atoms with Crippen molar-refractivity contribution in [1.82, 2.24) is 4.90 Å². The second-order valence-electron chi connectivity index (χ2n) is 4.65. The third kappa shape index (κ3) is 2.56. The van der Waals surface area contributed by atoms with Gasteiger partial charge in [-0.25, -0.2) is 4.79 Å². The fraction of sp³-hybridized carbons (Fsp3) is 0.462. The Morgan fingerprint density at radius 1 is 1.56 bits per heavy atom. The Balaban J connectivity index is 2.23. The van der Waals surface area contributed by atoms with E-state index in [1.165, 1.54) is 7.11 Å². The van der Waals surface area contributed by atoms with Crippen LogP contribution in [0.1, 0.15) is 16.8 Å². The molecule has 1 atom stereocenters. The van der Waals surface area contributed by atoms with E-state index in [2.05, 4.69) is 17.3 Å². The van der Waals surface area contributed by atoms with Crippen molar-refractivity contribution < 1.29 is 9.53 Å². The summed E-state index contributed by atoms with van der Waals surface area (Å²) < 4.78 is 4.77. The van der Waals surface area contributed by atoms with Crippen LogP contribution in [0.15, 0.2) is 18.2 Å². The van der Waals surface area contributed by atoms with Crippen LogP contribution in [0.2, 0.25) is 0 Å². The summed E-state index contributed by atoms with van der Waals surface area (Å²) in [5, 5.41) is 3.36. The lowest BCUT2D eigenvalue weighted by Gasteiger charge is -2.18. The van der Waals surface area contributed by atoms with Gasteiger partial charge in [-0.15, -0.1) is 0 Å².